The molecule has 0 fully saturated rings. The first-order valence-electron chi connectivity index (χ1n) is 7.76. The molecule has 21 heavy (non-hydrogen) atoms. The molecule has 1 aliphatic rings. The second-order valence-electron chi connectivity index (χ2n) is 6.29. The van der Waals surface area contributed by atoms with E-state index in [9.17, 15) is 0 Å². The van der Waals surface area contributed by atoms with Crippen molar-refractivity contribution in [2.75, 3.05) is 25.5 Å². The number of nitrogens with one attached hydrogen (secondary N) is 1. The molecule has 0 saturated heterocycles. The van der Waals surface area contributed by atoms with Crippen molar-refractivity contribution in [1.29, 1.82) is 0 Å². The zero-order chi connectivity index (χ0) is 14.7. The van der Waals surface area contributed by atoms with Crippen LogP contribution in [0.3, 0.4) is 0 Å². The number of para-hydroxylation sites is 1. The maximum atomic E-state index is 3.56. The second kappa shape index (κ2) is 6.31. The van der Waals surface area contributed by atoms with Crippen LogP contribution < -0.4 is 5.32 Å². The number of hydrogen-bond acceptors (Lipinski definition) is 2. The molecule has 1 N–H and O–H groups in total. The van der Waals surface area contributed by atoms with E-state index in [0.29, 0.717) is 5.92 Å². The summed E-state index contributed by atoms with van der Waals surface area (Å²) < 4.78 is 0. The standard InChI is InChI=1S/C19H24N2/c1-15-6-5-7-16(10-15)13-21(2)14-17-11-18-8-3-4-9-19(18)20-12-17/h3-10,17,20H,11-14H2,1-2H3. The van der Waals surface area contributed by atoms with Crippen molar-refractivity contribution >= 4 is 5.69 Å². The highest BCUT2D eigenvalue weighted by Gasteiger charge is 2.19. The van der Waals surface area contributed by atoms with Crippen LogP contribution in [0.2, 0.25) is 0 Å². The maximum absolute atomic E-state index is 3.56. The van der Waals surface area contributed by atoms with E-state index in [1.54, 1.807) is 0 Å². The zero-order valence-corrected chi connectivity index (χ0v) is 13.0. The minimum atomic E-state index is 0.690. The van der Waals surface area contributed by atoms with Crippen molar-refractivity contribution < 1.29 is 0 Å². The van der Waals surface area contributed by atoms with E-state index in [0.717, 1.165) is 19.6 Å². The fourth-order valence-electron chi connectivity index (χ4n) is 3.26. The number of nitrogens with zero attached hydrogens (tertiary/aromatic N) is 1. The lowest BCUT2D eigenvalue weighted by Crippen LogP contribution is -2.33. The van der Waals surface area contributed by atoms with Crippen LogP contribution in [0.25, 0.3) is 0 Å². The van der Waals surface area contributed by atoms with Gasteiger partial charge in [0, 0.05) is 25.3 Å². The van der Waals surface area contributed by atoms with Crippen LogP contribution in [0.5, 0.6) is 0 Å². The summed E-state index contributed by atoms with van der Waals surface area (Å²) in [7, 11) is 2.23. The van der Waals surface area contributed by atoms with E-state index in [2.05, 4.69) is 72.7 Å². The largest absolute Gasteiger partial charge is 0.384 e. The first-order valence-corrected chi connectivity index (χ1v) is 7.76. The summed E-state index contributed by atoms with van der Waals surface area (Å²) in [5.74, 6) is 0.690. The fraction of sp³-hybridized carbons (Fsp3) is 0.368. The average Bonchev–Trinajstić information content (AvgIpc) is 2.47. The minimum Gasteiger partial charge on any atom is -0.384 e. The lowest BCUT2D eigenvalue weighted by atomic mass is 9.93. The Labute approximate surface area is 127 Å². The molecule has 1 aliphatic heterocycles. The molecule has 0 spiro atoms. The number of aryl methyl sites for hydroxylation is 1. The third-order valence-corrected chi connectivity index (χ3v) is 4.21. The molecule has 0 aromatic heterocycles. The Morgan fingerprint density at radius 3 is 2.86 bits per heavy atom. The first-order chi connectivity index (χ1) is 10.2. The van der Waals surface area contributed by atoms with Gasteiger partial charge in [-0.15, -0.1) is 0 Å². The third-order valence-electron chi connectivity index (χ3n) is 4.21. The molecule has 0 radical (unpaired) electrons. The molecule has 1 atom stereocenters. The van der Waals surface area contributed by atoms with Gasteiger partial charge >= 0.3 is 0 Å². The highest BCUT2D eigenvalue weighted by molar-refractivity contribution is 5.53. The Balaban J connectivity index is 1.57. The molecule has 1 unspecified atom stereocenters. The van der Waals surface area contributed by atoms with E-state index in [4.69, 9.17) is 0 Å². The third kappa shape index (κ3) is 3.64. The van der Waals surface area contributed by atoms with Gasteiger partial charge in [-0.2, -0.15) is 0 Å². The summed E-state index contributed by atoms with van der Waals surface area (Å²) in [6.45, 7) is 5.40. The van der Waals surface area contributed by atoms with E-state index < -0.39 is 0 Å². The summed E-state index contributed by atoms with van der Waals surface area (Å²) in [6, 6.07) is 17.5. The van der Waals surface area contributed by atoms with Crippen LogP contribution in [0, 0.1) is 12.8 Å². The van der Waals surface area contributed by atoms with Crippen molar-refractivity contribution in [3.63, 3.8) is 0 Å². The molecule has 0 saturated carbocycles. The normalized spacial score (nSPS) is 17.4. The van der Waals surface area contributed by atoms with Crippen LogP contribution in [0.4, 0.5) is 5.69 Å². The number of rotatable bonds is 4. The predicted molar refractivity (Wildman–Crippen MR) is 89.6 cm³/mol. The molecule has 0 bridgehead atoms. The Bertz CT molecular complexity index is 606. The van der Waals surface area contributed by atoms with Crippen LogP contribution >= 0.6 is 0 Å². The highest BCUT2D eigenvalue weighted by Crippen LogP contribution is 2.24. The van der Waals surface area contributed by atoms with Gasteiger partial charge in [0.2, 0.25) is 0 Å². The van der Waals surface area contributed by atoms with E-state index in [1.807, 2.05) is 0 Å². The van der Waals surface area contributed by atoms with Crippen LogP contribution in [-0.2, 0) is 13.0 Å². The van der Waals surface area contributed by atoms with Gasteiger partial charge in [0.05, 0.1) is 0 Å². The van der Waals surface area contributed by atoms with Gasteiger partial charge in [0.1, 0.15) is 0 Å². The lowest BCUT2D eigenvalue weighted by molar-refractivity contribution is 0.271. The lowest BCUT2D eigenvalue weighted by Gasteiger charge is -2.29. The van der Waals surface area contributed by atoms with Crippen molar-refractivity contribution in [3.05, 3.63) is 65.2 Å². The summed E-state index contributed by atoms with van der Waals surface area (Å²) in [6.07, 6.45) is 1.18. The molecule has 2 aromatic carbocycles. The highest BCUT2D eigenvalue weighted by atomic mass is 15.1. The van der Waals surface area contributed by atoms with Crippen LogP contribution in [0.1, 0.15) is 16.7 Å². The predicted octanol–water partition coefficient (Wildman–Crippen LogP) is 3.71. The molecular weight excluding hydrogens is 256 g/mol. The van der Waals surface area contributed by atoms with Crippen molar-refractivity contribution in [3.8, 4) is 0 Å². The van der Waals surface area contributed by atoms with E-state index >= 15 is 0 Å². The SMILES string of the molecule is Cc1cccc(CN(C)CC2CNc3ccccc3C2)c1. The van der Waals surface area contributed by atoms with Gasteiger partial charge in [-0.1, -0.05) is 48.0 Å². The quantitative estimate of drug-likeness (QED) is 0.918. The zero-order valence-electron chi connectivity index (χ0n) is 13.0. The van der Waals surface area contributed by atoms with Crippen molar-refractivity contribution in [2.24, 2.45) is 5.92 Å². The molecule has 0 amide bonds. The first kappa shape index (κ1) is 14.2. The van der Waals surface area contributed by atoms with Crippen LogP contribution in [-0.4, -0.2) is 25.0 Å². The van der Waals surface area contributed by atoms with Gasteiger partial charge in [-0.05, 0) is 43.5 Å². The molecular formula is C19H24N2. The molecule has 0 aliphatic carbocycles. The average molecular weight is 280 g/mol. The molecule has 1 heterocycles. The summed E-state index contributed by atoms with van der Waals surface area (Å²) in [4.78, 5) is 2.44. The van der Waals surface area contributed by atoms with Gasteiger partial charge in [0.25, 0.3) is 0 Å². The smallest absolute Gasteiger partial charge is 0.0372 e. The van der Waals surface area contributed by atoms with Gasteiger partial charge in [-0.3, -0.25) is 0 Å². The maximum Gasteiger partial charge on any atom is 0.0372 e. The molecule has 2 aromatic rings. The summed E-state index contributed by atoms with van der Waals surface area (Å²) in [5, 5.41) is 3.56. The van der Waals surface area contributed by atoms with Crippen molar-refractivity contribution in [1.82, 2.24) is 4.90 Å². The molecule has 110 valence electrons. The Morgan fingerprint density at radius 1 is 1.14 bits per heavy atom. The summed E-state index contributed by atoms with van der Waals surface area (Å²) >= 11 is 0. The minimum absolute atomic E-state index is 0.690. The van der Waals surface area contributed by atoms with Gasteiger partial charge in [-0.25, -0.2) is 0 Å². The van der Waals surface area contributed by atoms with Gasteiger partial charge in [0.15, 0.2) is 0 Å². The number of benzene rings is 2. The number of fused-ring (bicyclic) bond motifs is 1. The Hall–Kier alpha value is -1.80. The Morgan fingerprint density at radius 2 is 2.00 bits per heavy atom. The fourth-order valence-corrected chi connectivity index (χ4v) is 3.26. The molecule has 3 rings (SSSR count). The van der Waals surface area contributed by atoms with E-state index in [-0.39, 0.29) is 0 Å². The number of anilines is 1. The number of hydrogen-bond donors (Lipinski definition) is 1. The van der Waals surface area contributed by atoms with Crippen molar-refractivity contribution in [2.45, 2.75) is 19.9 Å². The molecule has 2 heteroatoms. The van der Waals surface area contributed by atoms with E-state index in [1.165, 1.54) is 28.8 Å². The summed E-state index contributed by atoms with van der Waals surface area (Å²) in [5.41, 5.74) is 5.52. The Kier molecular flexibility index (Phi) is 4.26. The second-order valence-corrected chi connectivity index (χ2v) is 6.29. The molecule has 2 nitrogen and oxygen atoms in total. The van der Waals surface area contributed by atoms with Gasteiger partial charge < -0.3 is 10.2 Å². The monoisotopic (exact) mass is 280 g/mol. The van der Waals surface area contributed by atoms with Crippen LogP contribution in [0.15, 0.2) is 48.5 Å². The topological polar surface area (TPSA) is 15.3 Å².